The van der Waals surface area contributed by atoms with Crippen molar-refractivity contribution < 1.29 is 14.3 Å². The van der Waals surface area contributed by atoms with Crippen molar-refractivity contribution in [3.63, 3.8) is 0 Å². The van der Waals surface area contributed by atoms with E-state index in [1.807, 2.05) is 24.3 Å². The summed E-state index contributed by atoms with van der Waals surface area (Å²) in [5.41, 5.74) is 2.75. The number of imidazole rings is 1. The van der Waals surface area contributed by atoms with Crippen molar-refractivity contribution in [3.8, 4) is 11.5 Å². The second-order valence-corrected chi connectivity index (χ2v) is 6.46. The highest BCUT2D eigenvalue weighted by Gasteiger charge is 2.17. The minimum atomic E-state index is -0.210. The molecule has 0 spiro atoms. The van der Waals surface area contributed by atoms with Crippen molar-refractivity contribution in [2.24, 2.45) is 0 Å². The van der Waals surface area contributed by atoms with Gasteiger partial charge in [-0.05, 0) is 42.8 Å². The van der Waals surface area contributed by atoms with Gasteiger partial charge in [-0.2, -0.15) is 0 Å². The van der Waals surface area contributed by atoms with Crippen LogP contribution in [0.5, 0.6) is 11.5 Å². The van der Waals surface area contributed by atoms with Gasteiger partial charge in [-0.1, -0.05) is 23.7 Å². The minimum absolute atomic E-state index is 0.154. The first-order valence-electron chi connectivity index (χ1n) is 8.65. The van der Waals surface area contributed by atoms with Gasteiger partial charge in [0.15, 0.2) is 11.5 Å². The van der Waals surface area contributed by atoms with E-state index in [1.165, 1.54) is 6.08 Å². The van der Waals surface area contributed by atoms with E-state index < -0.39 is 0 Å². The topological polar surface area (TPSA) is 65.4 Å². The van der Waals surface area contributed by atoms with Gasteiger partial charge in [0.1, 0.15) is 5.82 Å². The maximum Gasteiger partial charge on any atom is 0.244 e. The number of para-hydroxylation sites is 2. The molecule has 0 saturated carbocycles. The van der Waals surface area contributed by atoms with Crippen molar-refractivity contribution in [2.45, 2.75) is 20.0 Å². The molecule has 0 bridgehead atoms. The number of halogens is 1. The van der Waals surface area contributed by atoms with E-state index in [1.54, 1.807) is 18.2 Å². The van der Waals surface area contributed by atoms with Crippen LogP contribution in [0.4, 0.5) is 0 Å². The molecule has 2 aromatic carbocycles. The lowest BCUT2D eigenvalue weighted by Crippen LogP contribution is -2.22. The van der Waals surface area contributed by atoms with Crippen LogP contribution in [0.1, 0.15) is 18.3 Å². The van der Waals surface area contributed by atoms with Gasteiger partial charge in [0.05, 0.1) is 22.6 Å². The highest BCUT2D eigenvalue weighted by molar-refractivity contribution is 6.32. The molecule has 0 fully saturated rings. The van der Waals surface area contributed by atoms with Crippen LogP contribution in [0.15, 0.2) is 42.5 Å². The van der Waals surface area contributed by atoms with E-state index in [0.29, 0.717) is 23.1 Å². The number of ether oxygens (including phenoxy) is 2. The first-order chi connectivity index (χ1) is 13.2. The van der Waals surface area contributed by atoms with Crippen molar-refractivity contribution in [3.05, 3.63) is 58.9 Å². The van der Waals surface area contributed by atoms with Crippen LogP contribution < -0.4 is 14.8 Å². The molecule has 3 aromatic rings. The van der Waals surface area contributed by atoms with E-state index in [9.17, 15) is 4.79 Å². The zero-order valence-corrected chi connectivity index (χ0v) is 15.5. The maximum atomic E-state index is 12.2. The number of nitrogens with one attached hydrogen (secondary N) is 1. The number of aromatic nitrogens is 2. The average molecular weight is 384 g/mol. The summed E-state index contributed by atoms with van der Waals surface area (Å²) in [5.74, 6) is 1.74. The zero-order chi connectivity index (χ0) is 18.8. The van der Waals surface area contributed by atoms with Gasteiger partial charge in [-0.3, -0.25) is 4.79 Å². The summed E-state index contributed by atoms with van der Waals surface area (Å²) in [7, 11) is 0. The van der Waals surface area contributed by atoms with Crippen molar-refractivity contribution >= 4 is 34.6 Å². The Labute approximate surface area is 161 Å². The zero-order valence-electron chi connectivity index (χ0n) is 14.7. The summed E-state index contributed by atoms with van der Waals surface area (Å²) in [6, 6.07) is 11.5. The fraction of sp³-hybridized carbons (Fsp3) is 0.200. The first-order valence-corrected chi connectivity index (χ1v) is 9.02. The SMILES string of the molecule is CCn1c(CNC(=O)/C=C\c2cc(Cl)c3c(c2)OCO3)nc2ccccc21. The Kier molecular flexibility index (Phi) is 4.73. The normalized spacial score (nSPS) is 12.8. The molecule has 1 aliphatic heterocycles. The molecule has 0 radical (unpaired) electrons. The van der Waals surface area contributed by atoms with Gasteiger partial charge in [0, 0.05) is 12.6 Å². The molecule has 0 aliphatic carbocycles. The average Bonchev–Trinajstić information content (AvgIpc) is 3.28. The minimum Gasteiger partial charge on any atom is -0.454 e. The van der Waals surface area contributed by atoms with Crippen LogP contribution in [0.25, 0.3) is 17.1 Å². The summed E-state index contributed by atoms with van der Waals surface area (Å²) < 4.78 is 12.7. The lowest BCUT2D eigenvalue weighted by atomic mass is 10.2. The number of aryl methyl sites for hydroxylation is 1. The standard InChI is InChI=1S/C20H18ClN3O3/c1-2-24-16-6-4-3-5-15(16)23-18(24)11-22-19(25)8-7-13-9-14(21)20-17(10-13)26-12-27-20/h3-10H,2,11-12H2,1H3,(H,22,25)/b8-7-. The van der Waals surface area contributed by atoms with E-state index in [2.05, 4.69) is 21.8 Å². The molecule has 0 atom stereocenters. The van der Waals surface area contributed by atoms with Gasteiger partial charge >= 0.3 is 0 Å². The number of nitrogens with zero attached hydrogens (tertiary/aromatic N) is 2. The Morgan fingerprint density at radius 1 is 1.33 bits per heavy atom. The molecule has 4 rings (SSSR count). The van der Waals surface area contributed by atoms with Crippen molar-refractivity contribution in [1.82, 2.24) is 14.9 Å². The predicted octanol–water partition coefficient (Wildman–Crippen LogP) is 3.77. The summed E-state index contributed by atoms with van der Waals surface area (Å²) >= 11 is 6.15. The molecule has 138 valence electrons. The molecular weight excluding hydrogens is 366 g/mol. The third kappa shape index (κ3) is 3.48. The molecule has 1 N–H and O–H groups in total. The van der Waals surface area contributed by atoms with Crippen molar-refractivity contribution in [2.75, 3.05) is 6.79 Å². The molecule has 1 amide bonds. The Balaban J connectivity index is 1.45. The van der Waals surface area contributed by atoms with Crippen LogP contribution in [0.3, 0.4) is 0 Å². The highest BCUT2D eigenvalue weighted by Crippen LogP contribution is 2.40. The highest BCUT2D eigenvalue weighted by atomic mass is 35.5. The number of benzene rings is 2. The lowest BCUT2D eigenvalue weighted by molar-refractivity contribution is -0.116. The molecule has 27 heavy (non-hydrogen) atoms. The van der Waals surface area contributed by atoms with Gasteiger partial charge in [-0.15, -0.1) is 0 Å². The van der Waals surface area contributed by atoms with Crippen LogP contribution in [-0.2, 0) is 17.9 Å². The molecule has 0 saturated heterocycles. The summed E-state index contributed by atoms with van der Waals surface area (Å²) in [6.45, 7) is 3.36. The predicted molar refractivity (Wildman–Crippen MR) is 104 cm³/mol. The molecule has 6 nitrogen and oxygen atoms in total. The first kappa shape index (κ1) is 17.4. The second-order valence-electron chi connectivity index (χ2n) is 6.05. The Morgan fingerprint density at radius 3 is 3.04 bits per heavy atom. The summed E-state index contributed by atoms with van der Waals surface area (Å²) in [5, 5.41) is 3.33. The molecular formula is C20H18ClN3O3. The quantitative estimate of drug-likeness (QED) is 0.681. The van der Waals surface area contributed by atoms with Crippen LogP contribution >= 0.6 is 11.6 Å². The fourth-order valence-electron chi connectivity index (χ4n) is 3.09. The number of hydrogen-bond acceptors (Lipinski definition) is 4. The Bertz CT molecular complexity index is 1040. The molecule has 0 unspecified atom stereocenters. The van der Waals surface area contributed by atoms with Gasteiger partial charge in [-0.25, -0.2) is 4.98 Å². The Morgan fingerprint density at radius 2 is 2.19 bits per heavy atom. The number of carbonyl (C=O) groups excluding carboxylic acids is 1. The van der Waals surface area contributed by atoms with E-state index >= 15 is 0 Å². The van der Waals surface area contributed by atoms with Crippen molar-refractivity contribution in [1.29, 1.82) is 0 Å². The summed E-state index contributed by atoms with van der Waals surface area (Å²) in [4.78, 5) is 16.8. The number of hydrogen-bond donors (Lipinski definition) is 1. The summed E-state index contributed by atoms with van der Waals surface area (Å²) in [6.07, 6.45) is 3.15. The molecule has 1 aliphatic rings. The Hall–Kier alpha value is -2.99. The van der Waals surface area contributed by atoms with E-state index in [0.717, 1.165) is 29.0 Å². The van der Waals surface area contributed by atoms with Crippen LogP contribution in [-0.4, -0.2) is 22.3 Å². The lowest BCUT2D eigenvalue weighted by Gasteiger charge is -2.06. The van der Waals surface area contributed by atoms with E-state index in [4.69, 9.17) is 21.1 Å². The third-order valence-corrected chi connectivity index (χ3v) is 4.63. The van der Waals surface area contributed by atoms with E-state index in [-0.39, 0.29) is 12.7 Å². The monoisotopic (exact) mass is 383 g/mol. The fourth-order valence-corrected chi connectivity index (χ4v) is 3.37. The maximum absolute atomic E-state index is 12.2. The van der Waals surface area contributed by atoms with Gasteiger partial charge in [0.2, 0.25) is 12.7 Å². The second kappa shape index (κ2) is 7.32. The largest absolute Gasteiger partial charge is 0.454 e. The smallest absolute Gasteiger partial charge is 0.244 e. The molecule has 2 heterocycles. The molecule has 1 aromatic heterocycles. The number of carbonyl (C=O) groups is 1. The number of amides is 1. The van der Waals surface area contributed by atoms with Gasteiger partial charge in [0.25, 0.3) is 0 Å². The third-order valence-electron chi connectivity index (χ3n) is 4.35. The number of rotatable bonds is 5. The molecule has 7 heteroatoms. The van der Waals surface area contributed by atoms with Gasteiger partial charge < -0.3 is 19.4 Å². The van der Waals surface area contributed by atoms with Crippen LogP contribution in [0.2, 0.25) is 5.02 Å². The number of fused-ring (bicyclic) bond motifs is 2. The van der Waals surface area contributed by atoms with Crippen LogP contribution in [0, 0.1) is 0 Å².